The molecule has 3 fully saturated rings. The number of fused-ring (bicyclic) bond motifs is 3. The van der Waals surface area contributed by atoms with Crippen LogP contribution in [0, 0.1) is 0 Å². The number of aliphatic carboxylic acids is 1. The maximum atomic E-state index is 13.8. The predicted molar refractivity (Wildman–Crippen MR) is 132 cm³/mol. The molecular formula is C26H34N4O5. The summed E-state index contributed by atoms with van der Waals surface area (Å²) < 4.78 is 1.77. The number of hydrogen-bond donors (Lipinski definition) is 2. The molecule has 1 aromatic carbocycles. The van der Waals surface area contributed by atoms with Crippen molar-refractivity contribution in [2.75, 3.05) is 13.2 Å². The first-order chi connectivity index (χ1) is 17.1. The summed E-state index contributed by atoms with van der Waals surface area (Å²) in [5.74, 6) is -1.39. The SMILES string of the molecule is O=C(O)/C(=N\OCCO)c1nc2ccccc2n([C@H]2C[C@H]3CCC[C@@H](C2)N3C2CCCCC2)c1=O. The van der Waals surface area contributed by atoms with Gasteiger partial charge in [0.25, 0.3) is 5.56 Å². The Bertz CT molecular complexity index is 1140. The van der Waals surface area contributed by atoms with Crippen LogP contribution in [0.25, 0.3) is 11.0 Å². The third kappa shape index (κ3) is 4.71. The van der Waals surface area contributed by atoms with E-state index in [9.17, 15) is 14.7 Å². The van der Waals surface area contributed by atoms with Crippen LogP contribution in [-0.2, 0) is 9.63 Å². The fourth-order valence-corrected chi connectivity index (χ4v) is 6.58. The normalized spacial score (nSPS) is 26.1. The van der Waals surface area contributed by atoms with Gasteiger partial charge in [-0.3, -0.25) is 9.69 Å². The zero-order valence-electron chi connectivity index (χ0n) is 20.0. The van der Waals surface area contributed by atoms with E-state index in [0.717, 1.165) is 31.2 Å². The summed E-state index contributed by atoms with van der Waals surface area (Å²) in [6, 6.07) is 8.89. The molecule has 9 heteroatoms. The third-order valence-electron chi connectivity index (χ3n) is 7.93. The number of benzene rings is 1. The standard InChI is InChI=1S/C26H34N4O5/c31-13-14-35-28-24(26(33)34)23-25(32)30(22-12-5-4-11-21(22)27-23)20-15-18-9-6-10-19(16-20)29(18)17-7-2-1-3-8-17/h4-5,11-12,17-20,31H,1-3,6-10,13-16H2,(H,33,34)/b28-24-/t18-,19+,20+. The van der Waals surface area contributed by atoms with Gasteiger partial charge in [-0.15, -0.1) is 0 Å². The van der Waals surface area contributed by atoms with Crippen LogP contribution in [0.1, 0.15) is 75.9 Å². The largest absolute Gasteiger partial charge is 0.476 e. The lowest BCUT2D eigenvalue weighted by Crippen LogP contribution is -2.57. The van der Waals surface area contributed by atoms with Crippen molar-refractivity contribution in [3.05, 3.63) is 40.3 Å². The van der Waals surface area contributed by atoms with Crippen molar-refractivity contribution in [1.82, 2.24) is 14.5 Å². The lowest BCUT2D eigenvalue weighted by atomic mass is 9.78. The highest BCUT2D eigenvalue weighted by Crippen LogP contribution is 2.43. The van der Waals surface area contributed by atoms with E-state index in [0.29, 0.717) is 23.6 Å². The van der Waals surface area contributed by atoms with E-state index in [2.05, 4.69) is 15.0 Å². The maximum Gasteiger partial charge on any atom is 0.360 e. The van der Waals surface area contributed by atoms with Gasteiger partial charge in [0.15, 0.2) is 5.69 Å². The van der Waals surface area contributed by atoms with Crippen LogP contribution in [0.15, 0.2) is 34.2 Å². The Kier molecular flexibility index (Phi) is 7.15. The highest BCUT2D eigenvalue weighted by Gasteiger charge is 2.43. The Morgan fingerprint density at radius 1 is 1.00 bits per heavy atom. The smallest absolute Gasteiger partial charge is 0.360 e. The number of piperidine rings is 2. The van der Waals surface area contributed by atoms with E-state index in [4.69, 9.17) is 9.94 Å². The molecule has 5 rings (SSSR count). The summed E-state index contributed by atoms with van der Waals surface area (Å²) in [4.78, 5) is 37.9. The van der Waals surface area contributed by atoms with Crippen LogP contribution in [-0.4, -0.2) is 67.7 Å². The van der Waals surface area contributed by atoms with Crippen LogP contribution < -0.4 is 5.56 Å². The number of oxime groups is 1. The highest BCUT2D eigenvalue weighted by atomic mass is 16.6. The second-order valence-corrected chi connectivity index (χ2v) is 10.0. The molecule has 3 heterocycles. The van der Waals surface area contributed by atoms with Crippen LogP contribution in [0.4, 0.5) is 0 Å². The number of hydrogen-bond acceptors (Lipinski definition) is 7. The van der Waals surface area contributed by atoms with Crippen LogP contribution in [0.2, 0.25) is 0 Å². The number of nitrogens with zero attached hydrogens (tertiary/aromatic N) is 4. The Balaban J connectivity index is 1.55. The van der Waals surface area contributed by atoms with Crippen molar-refractivity contribution in [3.63, 3.8) is 0 Å². The lowest BCUT2D eigenvalue weighted by Gasteiger charge is -2.53. The molecule has 0 spiro atoms. The molecule has 35 heavy (non-hydrogen) atoms. The minimum absolute atomic E-state index is 0.0299. The number of aromatic nitrogens is 2. The first kappa shape index (κ1) is 23.9. The first-order valence-corrected chi connectivity index (χ1v) is 12.9. The van der Waals surface area contributed by atoms with Gasteiger partial charge in [-0.25, -0.2) is 9.78 Å². The Morgan fingerprint density at radius 3 is 2.37 bits per heavy atom. The van der Waals surface area contributed by atoms with Gasteiger partial charge in [0.1, 0.15) is 6.61 Å². The molecule has 188 valence electrons. The Hall–Kier alpha value is -2.78. The van der Waals surface area contributed by atoms with E-state index in [1.54, 1.807) is 10.6 Å². The molecule has 3 aliphatic rings. The van der Waals surface area contributed by atoms with Crippen LogP contribution in [0.3, 0.4) is 0 Å². The van der Waals surface area contributed by atoms with E-state index >= 15 is 0 Å². The molecule has 2 aromatic rings. The summed E-state index contributed by atoms with van der Waals surface area (Å²) in [5.41, 5.74) is 0.0537. The van der Waals surface area contributed by atoms with Gasteiger partial charge in [-0.05, 0) is 50.7 Å². The molecule has 0 unspecified atom stereocenters. The topological polar surface area (TPSA) is 117 Å². The number of para-hydroxylation sites is 2. The van der Waals surface area contributed by atoms with Crippen LogP contribution >= 0.6 is 0 Å². The van der Waals surface area contributed by atoms with Crippen molar-refractivity contribution in [2.24, 2.45) is 5.16 Å². The number of rotatable bonds is 7. The average molecular weight is 483 g/mol. The number of aliphatic hydroxyl groups excluding tert-OH is 1. The molecule has 1 aromatic heterocycles. The fourth-order valence-electron chi connectivity index (χ4n) is 6.58. The highest BCUT2D eigenvalue weighted by molar-refractivity contribution is 6.41. The molecule has 2 N–H and O–H groups in total. The van der Waals surface area contributed by atoms with Crippen molar-refractivity contribution in [1.29, 1.82) is 0 Å². The van der Waals surface area contributed by atoms with Gasteiger partial charge in [-0.2, -0.15) is 0 Å². The molecule has 2 bridgehead atoms. The maximum absolute atomic E-state index is 13.8. The zero-order valence-corrected chi connectivity index (χ0v) is 20.0. The number of aliphatic hydroxyl groups is 1. The summed E-state index contributed by atoms with van der Waals surface area (Å²) in [6.45, 7) is -0.477. The van der Waals surface area contributed by atoms with Gasteiger partial charge in [0.2, 0.25) is 5.71 Å². The molecule has 2 aliphatic heterocycles. The van der Waals surface area contributed by atoms with E-state index in [-0.39, 0.29) is 24.9 Å². The number of carboxylic acid groups (broad SMARTS) is 1. The first-order valence-electron chi connectivity index (χ1n) is 12.9. The molecule has 0 amide bonds. The summed E-state index contributed by atoms with van der Waals surface area (Å²) in [7, 11) is 0. The van der Waals surface area contributed by atoms with E-state index in [1.165, 1.54) is 38.5 Å². The Labute approximate surface area is 204 Å². The second-order valence-electron chi connectivity index (χ2n) is 10.0. The monoisotopic (exact) mass is 482 g/mol. The molecule has 9 nitrogen and oxygen atoms in total. The third-order valence-corrected chi connectivity index (χ3v) is 7.93. The number of carboxylic acids is 1. The second kappa shape index (κ2) is 10.5. The van der Waals surface area contributed by atoms with Gasteiger partial charge < -0.3 is 19.6 Å². The lowest BCUT2D eigenvalue weighted by molar-refractivity contribution is -0.129. The van der Waals surface area contributed by atoms with Crippen LogP contribution in [0.5, 0.6) is 0 Å². The van der Waals surface area contributed by atoms with Crippen molar-refractivity contribution >= 4 is 22.7 Å². The van der Waals surface area contributed by atoms with Crippen molar-refractivity contribution in [3.8, 4) is 0 Å². The summed E-state index contributed by atoms with van der Waals surface area (Å²) >= 11 is 0. The zero-order chi connectivity index (χ0) is 24.4. The van der Waals surface area contributed by atoms with E-state index < -0.39 is 17.2 Å². The fraction of sp³-hybridized carbons (Fsp3) is 0.615. The van der Waals surface area contributed by atoms with Gasteiger partial charge in [-0.1, -0.05) is 43.0 Å². The molecule has 2 saturated heterocycles. The average Bonchev–Trinajstić information content (AvgIpc) is 2.86. The minimum Gasteiger partial charge on any atom is -0.476 e. The van der Waals surface area contributed by atoms with Crippen molar-refractivity contribution in [2.45, 2.75) is 88.4 Å². The van der Waals surface area contributed by atoms with Gasteiger partial charge >= 0.3 is 5.97 Å². The molecule has 3 atom stereocenters. The van der Waals surface area contributed by atoms with Gasteiger partial charge in [0, 0.05) is 24.2 Å². The molecule has 1 aliphatic carbocycles. The predicted octanol–water partition coefficient (Wildman–Crippen LogP) is 3.08. The number of carbonyl (C=O) groups is 1. The molecule has 1 saturated carbocycles. The van der Waals surface area contributed by atoms with E-state index in [1.807, 2.05) is 18.2 Å². The van der Waals surface area contributed by atoms with Crippen molar-refractivity contribution < 1.29 is 19.8 Å². The van der Waals surface area contributed by atoms with Gasteiger partial charge in [0.05, 0.1) is 17.6 Å². The molecular weight excluding hydrogens is 448 g/mol. The molecule has 0 radical (unpaired) electrons. The quantitative estimate of drug-likeness (QED) is 0.354. The summed E-state index contributed by atoms with van der Waals surface area (Å²) in [6.07, 6.45) is 11.7. The summed E-state index contributed by atoms with van der Waals surface area (Å²) in [5, 5.41) is 22.4. The minimum atomic E-state index is -1.39. The Morgan fingerprint density at radius 2 is 1.69 bits per heavy atom.